The molecule has 1 aliphatic rings. The van der Waals surface area contributed by atoms with Crippen LogP contribution < -0.4 is 10.2 Å². The van der Waals surface area contributed by atoms with Gasteiger partial charge in [0.05, 0.1) is 5.69 Å². The maximum absolute atomic E-state index is 13.1. The minimum atomic E-state index is -0.343. The fourth-order valence-electron chi connectivity index (χ4n) is 3.47. The molecule has 10 heteroatoms. The lowest BCUT2D eigenvalue weighted by molar-refractivity contribution is 0.0930. The molecule has 29 heavy (non-hydrogen) atoms. The van der Waals surface area contributed by atoms with Crippen molar-refractivity contribution in [3.63, 3.8) is 0 Å². The fraction of sp³-hybridized carbons (Fsp3) is 0.211. The van der Waals surface area contributed by atoms with Crippen molar-refractivity contribution in [1.82, 2.24) is 34.4 Å². The number of amides is 1. The number of carbonyl (C=O) groups is 1. The Morgan fingerprint density at radius 1 is 1.10 bits per heavy atom. The molecule has 1 aliphatic heterocycles. The highest BCUT2D eigenvalue weighted by atomic mass is 19.1. The first kappa shape index (κ1) is 17.3. The molecule has 1 atom stereocenters. The lowest BCUT2D eigenvalue weighted by Gasteiger charge is -2.18. The number of fused-ring (bicyclic) bond motifs is 1. The molecule has 146 valence electrons. The topological polar surface area (TPSA) is 93.2 Å². The Kier molecular flexibility index (Phi) is 4.15. The molecule has 4 heterocycles. The second-order valence-corrected chi connectivity index (χ2v) is 6.80. The maximum Gasteiger partial charge on any atom is 0.291 e. The van der Waals surface area contributed by atoms with Gasteiger partial charge in [0.25, 0.3) is 5.91 Å². The summed E-state index contributed by atoms with van der Waals surface area (Å²) in [5.41, 5.74) is 1.42. The highest BCUT2D eigenvalue weighted by molar-refractivity contribution is 5.90. The minimum Gasteiger partial charge on any atom is -0.351 e. The third-order valence-electron chi connectivity index (χ3n) is 4.90. The SMILES string of the molecule is O=C(N[C@H]1CCN(c2nccn3ccnc23)C1)c1ncn(-c2ccc(F)cc2)n1. The Morgan fingerprint density at radius 2 is 1.90 bits per heavy atom. The van der Waals surface area contributed by atoms with Gasteiger partial charge in [-0.2, -0.15) is 0 Å². The summed E-state index contributed by atoms with van der Waals surface area (Å²) in [5.74, 6) is 0.192. The van der Waals surface area contributed by atoms with E-state index in [9.17, 15) is 9.18 Å². The number of halogens is 1. The highest BCUT2D eigenvalue weighted by Crippen LogP contribution is 2.22. The minimum absolute atomic E-state index is 0.0442. The van der Waals surface area contributed by atoms with Gasteiger partial charge in [-0.15, -0.1) is 5.10 Å². The van der Waals surface area contributed by atoms with Crippen LogP contribution in [-0.2, 0) is 0 Å². The van der Waals surface area contributed by atoms with E-state index in [-0.39, 0.29) is 23.6 Å². The summed E-state index contributed by atoms with van der Waals surface area (Å²) in [7, 11) is 0. The molecule has 1 fully saturated rings. The van der Waals surface area contributed by atoms with Gasteiger partial charge in [-0.05, 0) is 30.7 Å². The highest BCUT2D eigenvalue weighted by Gasteiger charge is 2.27. The second-order valence-electron chi connectivity index (χ2n) is 6.80. The molecule has 0 unspecified atom stereocenters. The first-order valence-electron chi connectivity index (χ1n) is 9.18. The summed E-state index contributed by atoms with van der Waals surface area (Å²) in [4.78, 5) is 27.5. The van der Waals surface area contributed by atoms with E-state index in [1.807, 2.05) is 16.8 Å². The molecule has 3 aromatic heterocycles. The normalized spacial score (nSPS) is 16.4. The first-order valence-corrected chi connectivity index (χ1v) is 9.18. The number of hydrogen-bond donors (Lipinski definition) is 1. The van der Waals surface area contributed by atoms with Crippen molar-refractivity contribution in [2.24, 2.45) is 0 Å². The third kappa shape index (κ3) is 3.28. The molecule has 9 nitrogen and oxygen atoms in total. The Balaban J connectivity index is 1.26. The predicted molar refractivity (Wildman–Crippen MR) is 102 cm³/mol. The smallest absolute Gasteiger partial charge is 0.291 e. The molecule has 1 aromatic carbocycles. The van der Waals surface area contributed by atoms with Crippen molar-refractivity contribution in [3.8, 4) is 5.69 Å². The lowest BCUT2D eigenvalue weighted by atomic mass is 10.2. The number of nitrogens with one attached hydrogen (secondary N) is 1. The van der Waals surface area contributed by atoms with E-state index in [0.29, 0.717) is 12.2 Å². The van der Waals surface area contributed by atoms with Crippen LogP contribution in [0.5, 0.6) is 0 Å². The zero-order valence-corrected chi connectivity index (χ0v) is 15.3. The molecule has 0 aliphatic carbocycles. The van der Waals surface area contributed by atoms with Gasteiger partial charge in [-0.3, -0.25) is 4.79 Å². The molecular formula is C19H17FN8O. The van der Waals surface area contributed by atoms with Crippen molar-refractivity contribution in [3.05, 3.63) is 67.0 Å². The Hall–Kier alpha value is -3.82. The molecule has 0 bridgehead atoms. The Labute approximate surface area is 164 Å². The average Bonchev–Trinajstić information content (AvgIpc) is 3.48. The third-order valence-corrected chi connectivity index (χ3v) is 4.90. The van der Waals surface area contributed by atoms with Crippen LogP contribution in [0.2, 0.25) is 0 Å². The molecule has 0 saturated carbocycles. The number of imidazole rings is 1. The lowest BCUT2D eigenvalue weighted by Crippen LogP contribution is -2.37. The van der Waals surface area contributed by atoms with Crippen LogP contribution in [0.15, 0.2) is 55.4 Å². The summed E-state index contributed by atoms with van der Waals surface area (Å²) in [5, 5.41) is 7.17. The monoisotopic (exact) mass is 392 g/mol. The van der Waals surface area contributed by atoms with Crippen molar-refractivity contribution >= 4 is 17.4 Å². The quantitative estimate of drug-likeness (QED) is 0.565. The molecule has 4 aromatic rings. The van der Waals surface area contributed by atoms with Gasteiger partial charge in [0, 0.05) is 43.9 Å². The van der Waals surface area contributed by atoms with Crippen molar-refractivity contribution in [2.45, 2.75) is 12.5 Å². The van der Waals surface area contributed by atoms with Crippen LogP contribution in [0, 0.1) is 5.82 Å². The predicted octanol–water partition coefficient (Wildman–Crippen LogP) is 1.46. The van der Waals surface area contributed by atoms with E-state index in [1.54, 1.807) is 24.5 Å². The van der Waals surface area contributed by atoms with E-state index >= 15 is 0 Å². The molecule has 0 spiro atoms. The van der Waals surface area contributed by atoms with Crippen molar-refractivity contribution < 1.29 is 9.18 Å². The van der Waals surface area contributed by atoms with Gasteiger partial charge in [-0.25, -0.2) is 24.0 Å². The van der Waals surface area contributed by atoms with Crippen molar-refractivity contribution in [2.75, 3.05) is 18.0 Å². The van der Waals surface area contributed by atoms with Crippen LogP contribution in [0.3, 0.4) is 0 Å². The zero-order chi connectivity index (χ0) is 19.8. The molecular weight excluding hydrogens is 375 g/mol. The Bertz CT molecular complexity index is 1170. The summed E-state index contributed by atoms with van der Waals surface area (Å²) in [6, 6.07) is 5.77. The molecule has 1 N–H and O–H groups in total. The summed E-state index contributed by atoms with van der Waals surface area (Å²) >= 11 is 0. The number of aromatic nitrogens is 6. The van der Waals surface area contributed by atoms with Gasteiger partial charge in [0.15, 0.2) is 11.5 Å². The maximum atomic E-state index is 13.1. The van der Waals surface area contributed by atoms with Crippen LogP contribution in [-0.4, -0.2) is 54.2 Å². The van der Waals surface area contributed by atoms with Gasteiger partial charge in [0.1, 0.15) is 12.1 Å². The Morgan fingerprint density at radius 3 is 2.72 bits per heavy atom. The van der Waals surface area contributed by atoms with Crippen LogP contribution in [0.4, 0.5) is 10.2 Å². The molecule has 0 radical (unpaired) electrons. The van der Waals surface area contributed by atoms with Gasteiger partial charge >= 0.3 is 0 Å². The van der Waals surface area contributed by atoms with E-state index in [2.05, 4.69) is 30.3 Å². The number of anilines is 1. The van der Waals surface area contributed by atoms with E-state index < -0.39 is 0 Å². The largest absolute Gasteiger partial charge is 0.351 e. The number of carbonyl (C=O) groups excluding carboxylic acids is 1. The van der Waals surface area contributed by atoms with E-state index in [4.69, 9.17) is 0 Å². The molecule has 1 saturated heterocycles. The summed E-state index contributed by atoms with van der Waals surface area (Å²) in [6.45, 7) is 1.39. The summed E-state index contributed by atoms with van der Waals surface area (Å²) < 4.78 is 16.4. The van der Waals surface area contributed by atoms with Crippen LogP contribution in [0.1, 0.15) is 17.0 Å². The van der Waals surface area contributed by atoms with Gasteiger partial charge in [0.2, 0.25) is 5.82 Å². The molecule has 5 rings (SSSR count). The number of nitrogens with zero attached hydrogens (tertiary/aromatic N) is 7. The summed E-state index contributed by atoms with van der Waals surface area (Å²) in [6.07, 6.45) is 9.42. The number of benzene rings is 1. The first-order chi connectivity index (χ1) is 14.2. The van der Waals surface area contributed by atoms with Crippen LogP contribution in [0.25, 0.3) is 11.3 Å². The standard InChI is InChI=1S/C19H17FN8O/c20-13-1-3-15(4-2-13)28-12-23-16(25-28)19(29)24-14-5-8-27(11-14)18-17-21-6-9-26(17)10-7-22-18/h1-4,6-7,9-10,12,14H,5,8,11H2,(H,24,29)/t14-/m0/s1. The van der Waals surface area contributed by atoms with E-state index in [0.717, 1.165) is 24.4 Å². The zero-order valence-electron chi connectivity index (χ0n) is 15.3. The van der Waals surface area contributed by atoms with Gasteiger partial charge < -0.3 is 14.6 Å². The fourth-order valence-corrected chi connectivity index (χ4v) is 3.47. The number of rotatable bonds is 4. The van der Waals surface area contributed by atoms with Gasteiger partial charge in [-0.1, -0.05) is 0 Å². The molecule has 1 amide bonds. The van der Waals surface area contributed by atoms with E-state index in [1.165, 1.54) is 23.1 Å². The van der Waals surface area contributed by atoms with Crippen molar-refractivity contribution in [1.29, 1.82) is 0 Å². The van der Waals surface area contributed by atoms with Crippen LogP contribution >= 0.6 is 0 Å². The second kappa shape index (κ2) is 6.97. The average molecular weight is 392 g/mol. The number of hydrogen-bond acceptors (Lipinski definition) is 6.